The molecule has 6 nitrogen and oxygen atoms in total. The zero-order valence-electron chi connectivity index (χ0n) is 10.9. The van der Waals surface area contributed by atoms with Crippen molar-refractivity contribution >= 4 is 11.7 Å². The minimum Gasteiger partial charge on any atom is -0.449 e. The van der Waals surface area contributed by atoms with Gasteiger partial charge in [0.2, 0.25) is 0 Å². The fourth-order valence-corrected chi connectivity index (χ4v) is 2.40. The van der Waals surface area contributed by atoms with E-state index in [0.717, 1.165) is 0 Å². The van der Waals surface area contributed by atoms with Crippen molar-refractivity contribution in [1.29, 1.82) is 0 Å². The average molecular weight is 284 g/mol. The summed E-state index contributed by atoms with van der Waals surface area (Å²) in [6.45, 7) is 0. The van der Waals surface area contributed by atoms with E-state index in [2.05, 4.69) is 5.32 Å². The maximum atomic E-state index is 11.9. The number of esters is 1. The van der Waals surface area contributed by atoms with Crippen LogP contribution in [0.2, 0.25) is 0 Å². The number of carbonyl (C=O) groups is 1. The molecule has 6 heteroatoms. The first-order chi connectivity index (χ1) is 10.2. The van der Waals surface area contributed by atoms with E-state index < -0.39 is 22.7 Å². The number of nitro groups is 1. The molecule has 1 aromatic rings. The van der Waals surface area contributed by atoms with Crippen molar-refractivity contribution in [2.24, 2.45) is 5.92 Å². The first-order valence-corrected chi connectivity index (χ1v) is 6.43. The Labute approximate surface area is 120 Å². The van der Waals surface area contributed by atoms with Crippen LogP contribution in [-0.2, 0) is 9.53 Å². The van der Waals surface area contributed by atoms with E-state index in [4.69, 9.17) is 4.74 Å². The average Bonchev–Trinajstić information content (AvgIpc) is 2.47. The molecule has 1 N–H and O–H groups in total. The summed E-state index contributed by atoms with van der Waals surface area (Å²) in [4.78, 5) is 22.4. The van der Waals surface area contributed by atoms with Crippen molar-refractivity contribution in [3.63, 3.8) is 0 Å². The van der Waals surface area contributed by atoms with Crippen LogP contribution in [0.3, 0.4) is 0 Å². The van der Waals surface area contributed by atoms with Gasteiger partial charge in [0.1, 0.15) is 11.8 Å². The van der Waals surface area contributed by atoms with Gasteiger partial charge in [0, 0.05) is 5.69 Å². The molecule has 1 aliphatic heterocycles. The maximum absolute atomic E-state index is 11.9. The number of hydrogen-bond donors (Lipinski definition) is 1. The standard InChI is InChI=1S/C15H12N2O4/c18-15-14(17(19)20)13(16-10-6-2-1-3-7-10)11-8-4-5-9-12(11)21-15/h1-9,11-12,16H/t11-,12-/m1/s1. The molecule has 0 spiro atoms. The van der Waals surface area contributed by atoms with E-state index in [1.807, 2.05) is 18.2 Å². The van der Waals surface area contributed by atoms with Crippen LogP contribution in [0.25, 0.3) is 0 Å². The van der Waals surface area contributed by atoms with Gasteiger partial charge in [0.15, 0.2) is 0 Å². The normalized spacial score (nSPS) is 23.5. The van der Waals surface area contributed by atoms with Crippen molar-refractivity contribution in [2.75, 3.05) is 5.32 Å². The van der Waals surface area contributed by atoms with E-state index in [9.17, 15) is 14.9 Å². The molecule has 3 rings (SSSR count). The molecule has 0 saturated carbocycles. The predicted octanol–water partition coefficient (Wildman–Crippen LogP) is 2.25. The van der Waals surface area contributed by atoms with Crippen molar-refractivity contribution in [1.82, 2.24) is 0 Å². The molecule has 0 aromatic heterocycles. The van der Waals surface area contributed by atoms with Crippen LogP contribution in [-0.4, -0.2) is 17.0 Å². The molecule has 0 bridgehead atoms. The van der Waals surface area contributed by atoms with Crippen LogP contribution in [0.1, 0.15) is 0 Å². The largest absolute Gasteiger partial charge is 0.449 e. The number of nitrogens with zero attached hydrogens (tertiary/aromatic N) is 1. The molecule has 1 aliphatic carbocycles. The molecule has 0 fully saturated rings. The van der Waals surface area contributed by atoms with Crippen LogP contribution in [0.4, 0.5) is 5.69 Å². The molecular formula is C15H12N2O4. The van der Waals surface area contributed by atoms with Gasteiger partial charge in [-0.3, -0.25) is 10.1 Å². The second-order valence-corrected chi connectivity index (χ2v) is 4.68. The molecule has 1 aromatic carbocycles. The Morgan fingerprint density at radius 3 is 2.57 bits per heavy atom. The first kappa shape index (κ1) is 13.1. The smallest absolute Gasteiger partial charge is 0.412 e. The summed E-state index contributed by atoms with van der Waals surface area (Å²) in [5, 5.41) is 14.2. The Hall–Kier alpha value is -2.89. The third kappa shape index (κ3) is 2.43. The Morgan fingerprint density at radius 2 is 1.86 bits per heavy atom. The van der Waals surface area contributed by atoms with Crippen LogP contribution < -0.4 is 5.32 Å². The molecular weight excluding hydrogens is 272 g/mol. The molecule has 0 saturated heterocycles. The Morgan fingerprint density at radius 1 is 1.14 bits per heavy atom. The number of anilines is 1. The van der Waals surface area contributed by atoms with Crippen LogP contribution >= 0.6 is 0 Å². The Bertz CT molecular complexity index is 676. The number of rotatable bonds is 3. The lowest BCUT2D eigenvalue weighted by atomic mass is 9.90. The number of para-hydroxylation sites is 1. The third-order valence-electron chi connectivity index (χ3n) is 3.34. The van der Waals surface area contributed by atoms with E-state index in [-0.39, 0.29) is 11.6 Å². The predicted molar refractivity (Wildman–Crippen MR) is 75.7 cm³/mol. The second-order valence-electron chi connectivity index (χ2n) is 4.68. The number of fused-ring (bicyclic) bond motifs is 1. The lowest BCUT2D eigenvalue weighted by Crippen LogP contribution is -2.38. The molecule has 2 aliphatic rings. The van der Waals surface area contributed by atoms with E-state index >= 15 is 0 Å². The minimum absolute atomic E-state index is 0.257. The van der Waals surface area contributed by atoms with E-state index in [0.29, 0.717) is 5.69 Å². The SMILES string of the molecule is O=C1O[C@@H]2C=CC=C[C@H]2C(Nc2ccccc2)=C1[N+](=O)[O-]. The number of nitrogens with one attached hydrogen (secondary N) is 1. The number of carbonyl (C=O) groups excluding carboxylic acids is 1. The highest BCUT2D eigenvalue weighted by Gasteiger charge is 2.43. The zero-order valence-corrected chi connectivity index (χ0v) is 10.9. The number of hydrogen-bond acceptors (Lipinski definition) is 5. The first-order valence-electron chi connectivity index (χ1n) is 6.43. The fourth-order valence-electron chi connectivity index (χ4n) is 2.40. The van der Waals surface area contributed by atoms with E-state index in [1.165, 1.54) is 0 Å². The highest BCUT2D eigenvalue weighted by Crippen LogP contribution is 2.32. The van der Waals surface area contributed by atoms with Gasteiger partial charge in [-0.2, -0.15) is 0 Å². The zero-order chi connectivity index (χ0) is 14.8. The van der Waals surface area contributed by atoms with Crippen LogP contribution in [0.15, 0.2) is 66.0 Å². The van der Waals surface area contributed by atoms with Gasteiger partial charge < -0.3 is 10.1 Å². The van der Waals surface area contributed by atoms with Crippen molar-refractivity contribution in [3.05, 3.63) is 76.1 Å². The Kier molecular flexibility index (Phi) is 3.27. The van der Waals surface area contributed by atoms with E-state index in [1.54, 1.807) is 36.4 Å². The number of allylic oxidation sites excluding steroid dienone is 2. The lowest BCUT2D eigenvalue weighted by Gasteiger charge is -2.30. The summed E-state index contributed by atoms with van der Waals surface area (Å²) < 4.78 is 5.12. The molecule has 0 radical (unpaired) electrons. The minimum atomic E-state index is -0.917. The quantitative estimate of drug-likeness (QED) is 0.523. The summed E-state index contributed by atoms with van der Waals surface area (Å²) in [5.74, 6) is -1.30. The highest BCUT2D eigenvalue weighted by molar-refractivity contribution is 5.89. The summed E-state index contributed by atoms with van der Waals surface area (Å²) in [7, 11) is 0. The van der Waals surface area contributed by atoms with Gasteiger partial charge in [0.25, 0.3) is 0 Å². The van der Waals surface area contributed by atoms with Crippen LogP contribution in [0.5, 0.6) is 0 Å². The van der Waals surface area contributed by atoms with Gasteiger partial charge in [-0.05, 0) is 18.2 Å². The monoisotopic (exact) mass is 284 g/mol. The Balaban J connectivity index is 2.06. The number of benzene rings is 1. The second kappa shape index (κ2) is 5.24. The summed E-state index contributed by atoms with van der Waals surface area (Å²) in [6.07, 6.45) is 6.52. The molecule has 2 atom stereocenters. The van der Waals surface area contributed by atoms with Gasteiger partial charge in [-0.25, -0.2) is 4.79 Å². The van der Waals surface area contributed by atoms with Crippen molar-refractivity contribution in [3.8, 4) is 0 Å². The van der Waals surface area contributed by atoms with Crippen molar-refractivity contribution < 1.29 is 14.5 Å². The molecule has 1 heterocycles. The summed E-state index contributed by atoms with van der Waals surface area (Å²) in [5.41, 5.74) is 0.399. The summed E-state index contributed by atoms with van der Waals surface area (Å²) in [6, 6.07) is 9.02. The van der Waals surface area contributed by atoms with Gasteiger partial charge in [-0.1, -0.05) is 36.4 Å². The molecule has 0 amide bonds. The highest BCUT2D eigenvalue weighted by atomic mass is 16.6. The fraction of sp³-hybridized carbons (Fsp3) is 0.133. The maximum Gasteiger partial charge on any atom is 0.412 e. The van der Waals surface area contributed by atoms with Crippen LogP contribution in [0, 0.1) is 16.0 Å². The number of ether oxygens (including phenoxy) is 1. The summed E-state index contributed by atoms with van der Waals surface area (Å²) >= 11 is 0. The topological polar surface area (TPSA) is 81.5 Å². The molecule has 106 valence electrons. The van der Waals surface area contributed by atoms with Crippen molar-refractivity contribution in [2.45, 2.75) is 6.10 Å². The van der Waals surface area contributed by atoms with Gasteiger partial charge in [-0.15, -0.1) is 0 Å². The molecule has 21 heavy (non-hydrogen) atoms. The molecule has 0 unspecified atom stereocenters. The lowest BCUT2D eigenvalue weighted by molar-refractivity contribution is -0.424. The van der Waals surface area contributed by atoms with Gasteiger partial charge in [0.05, 0.1) is 10.8 Å². The van der Waals surface area contributed by atoms with Gasteiger partial charge >= 0.3 is 11.7 Å². The third-order valence-corrected chi connectivity index (χ3v) is 3.34.